The molecule has 0 amide bonds. The highest BCUT2D eigenvalue weighted by molar-refractivity contribution is 6.74. The molecule has 2 aliphatic rings. The molecule has 2 heterocycles. The summed E-state index contributed by atoms with van der Waals surface area (Å²) in [5.41, 5.74) is -0.734. The van der Waals surface area contributed by atoms with Crippen LogP contribution in [0.25, 0.3) is 0 Å². The summed E-state index contributed by atoms with van der Waals surface area (Å²) in [6.45, 7) is 17.9. The number of Topliss-reactive ketones (excluding diaryl/α,β-unsaturated/α-hetero) is 1. The van der Waals surface area contributed by atoms with Crippen LogP contribution >= 0.6 is 0 Å². The Morgan fingerprint density at radius 1 is 1.33 bits per heavy atom. The van der Waals surface area contributed by atoms with E-state index < -0.39 is 50.4 Å². The van der Waals surface area contributed by atoms with Crippen molar-refractivity contribution in [2.24, 2.45) is 17.8 Å². The van der Waals surface area contributed by atoms with Gasteiger partial charge in [0, 0.05) is 12.3 Å². The molecule has 2 fully saturated rings. The fourth-order valence-corrected chi connectivity index (χ4v) is 5.99. The molecule has 2 saturated heterocycles. The van der Waals surface area contributed by atoms with E-state index in [0.29, 0.717) is 6.42 Å². The van der Waals surface area contributed by atoms with E-state index in [9.17, 15) is 20.1 Å². The zero-order valence-corrected chi connectivity index (χ0v) is 22.9. The largest absolute Gasteiger partial charge is 0.410 e. The van der Waals surface area contributed by atoms with E-state index in [0.717, 1.165) is 0 Å². The summed E-state index contributed by atoms with van der Waals surface area (Å²) in [5.74, 6) is -3.32. The van der Waals surface area contributed by atoms with Crippen molar-refractivity contribution in [1.82, 2.24) is 0 Å². The average molecular weight is 487 g/mol. The molecule has 8 atom stereocenters. The molecule has 2 aliphatic heterocycles. The maximum Gasteiger partial charge on any atom is 0.192 e. The number of ketones is 1. The smallest absolute Gasteiger partial charge is 0.192 e. The zero-order valence-electron chi connectivity index (χ0n) is 21.9. The fraction of sp³-hybridized carbons (Fsp3) is 0.880. The minimum Gasteiger partial charge on any atom is -0.410 e. The number of carbonyl (C=O) groups is 1. The number of carbonyl (C=O) groups excluding carboxylic acids is 1. The van der Waals surface area contributed by atoms with Gasteiger partial charge in [-0.15, -0.1) is 0 Å². The van der Waals surface area contributed by atoms with Gasteiger partial charge >= 0.3 is 0 Å². The molecule has 0 saturated carbocycles. The highest BCUT2D eigenvalue weighted by Crippen LogP contribution is 2.51. The summed E-state index contributed by atoms with van der Waals surface area (Å²) in [6, 6.07) is 0. The molecule has 2 rings (SSSR count). The van der Waals surface area contributed by atoms with E-state index in [2.05, 4.69) is 46.9 Å². The highest BCUT2D eigenvalue weighted by atomic mass is 28.4. The number of allylic oxidation sites excluding steroid dienone is 1. The lowest BCUT2D eigenvalue weighted by Gasteiger charge is -2.44. The van der Waals surface area contributed by atoms with Crippen LogP contribution in [-0.2, 0) is 18.7 Å². The predicted molar refractivity (Wildman–Crippen MR) is 130 cm³/mol. The van der Waals surface area contributed by atoms with Crippen molar-refractivity contribution in [3.8, 4) is 0 Å². The molecule has 3 N–H and O–H groups in total. The van der Waals surface area contributed by atoms with Gasteiger partial charge in [0.05, 0.1) is 43.4 Å². The van der Waals surface area contributed by atoms with Crippen molar-refractivity contribution in [1.29, 1.82) is 0 Å². The molecule has 1 unspecified atom stereocenters. The first-order chi connectivity index (χ1) is 15.1. The monoisotopic (exact) mass is 486 g/mol. The Labute approximate surface area is 200 Å². The lowest BCUT2D eigenvalue weighted by Crippen LogP contribution is -2.56. The van der Waals surface area contributed by atoms with Crippen LogP contribution in [0.3, 0.4) is 0 Å². The fourth-order valence-electron chi connectivity index (χ4n) is 4.61. The van der Waals surface area contributed by atoms with Crippen molar-refractivity contribution in [2.75, 3.05) is 13.2 Å². The van der Waals surface area contributed by atoms with Gasteiger partial charge in [0.1, 0.15) is 11.4 Å². The number of aliphatic hydroxyl groups excluding tert-OH is 2. The number of ether oxygens (including phenoxy) is 2. The molecule has 0 aliphatic carbocycles. The molecule has 192 valence electrons. The van der Waals surface area contributed by atoms with Crippen molar-refractivity contribution in [3.63, 3.8) is 0 Å². The van der Waals surface area contributed by atoms with E-state index in [-0.39, 0.29) is 35.9 Å². The topological polar surface area (TPSA) is 109 Å². The van der Waals surface area contributed by atoms with Crippen molar-refractivity contribution < 1.29 is 34.0 Å². The van der Waals surface area contributed by atoms with E-state index in [4.69, 9.17) is 13.9 Å². The van der Waals surface area contributed by atoms with E-state index in [1.54, 1.807) is 6.92 Å². The molecule has 0 aromatic carbocycles. The van der Waals surface area contributed by atoms with Crippen molar-refractivity contribution in [2.45, 2.75) is 109 Å². The van der Waals surface area contributed by atoms with Crippen LogP contribution in [0.4, 0.5) is 0 Å². The molecule has 7 nitrogen and oxygen atoms in total. The number of hydrogen-bond donors (Lipinski definition) is 3. The first-order valence-electron chi connectivity index (χ1n) is 12.2. The van der Waals surface area contributed by atoms with Crippen LogP contribution in [0.15, 0.2) is 12.2 Å². The number of rotatable bonds is 10. The molecular weight excluding hydrogens is 440 g/mol. The summed E-state index contributed by atoms with van der Waals surface area (Å²) in [5, 5.41) is 31.4. The minimum atomic E-state index is -2.34. The van der Waals surface area contributed by atoms with Gasteiger partial charge in [0.25, 0.3) is 0 Å². The van der Waals surface area contributed by atoms with Crippen LogP contribution in [-0.4, -0.2) is 72.3 Å². The summed E-state index contributed by atoms with van der Waals surface area (Å²) >= 11 is 0. The SMILES string of the molecule is C/C=C\[C@H](C)[C@H]1O[C@]1(C)[C@@H](O[Si](C)(C)C(C)(C)C)[C@@H](CO)C(=O)[C@@H]1COC(O)(CC)C[C@H]1O. The van der Waals surface area contributed by atoms with E-state index in [1.807, 2.05) is 19.9 Å². The van der Waals surface area contributed by atoms with Gasteiger partial charge in [-0.05, 0) is 38.4 Å². The van der Waals surface area contributed by atoms with Crippen molar-refractivity contribution >= 4 is 14.1 Å². The van der Waals surface area contributed by atoms with Crippen LogP contribution in [0, 0.1) is 17.8 Å². The Bertz CT molecular complexity index is 718. The number of hydrogen-bond acceptors (Lipinski definition) is 7. The molecule has 0 aromatic rings. The summed E-state index contributed by atoms with van der Waals surface area (Å²) in [7, 11) is -2.34. The number of aliphatic hydroxyl groups is 3. The molecule has 0 aromatic heterocycles. The van der Waals surface area contributed by atoms with Crippen LogP contribution in [0.1, 0.15) is 61.3 Å². The summed E-state index contributed by atoms with van der Waals surface area (Å²) in [4.78, 5) is 13.7. The first-order valence-corrected chi connectivity index (χ1v) is 15.1. The Hall–Kier alpha value is -0.613. The van der Waals surface area contributed by atoms with E-state index in [1.165, 1.54) is 0 Å². The van der Waals surface area contributed by atoms with Crippen LogP contribution < -0.4 is 0 Å². The zero-order chi connectivity index (χ0) is 25.4. The Morgan fingerprint density at radius 3 is 2.39 bits per heavy atom. The lowest BCUT2D eigenvalue weighted by atomic mass is 9.78. The molecule has 0 bridgehead atoms. The maximum absolute atomic E-state index is 13.7. The maximum atomic E-state index is 13.7. The lowest BCUT2D eigenvalue weighted by molar-refractivity contribution is -0.258. The van der Waals surface area contributed by atoms with Gasteiger partial charge in [0.2, 0.25) is 0 Å². The average Bonchev–Trinajstić information content (AvgIpc) is 3.40. The second-order valence-corrected chi connectivity index (χ2v) is 16.3. The van der Waals surface area contributed by atoms with Gasteiger partial charge in [0.15, 0.2) is 14.1 Å². The third-order valence-electron chi connectivity index (χ3n) is 8.02. The standard InChI is InChI=1S/C25H46O7Si/c1-10-12-16(3)21-24(7,31-21)22(32-33(8,9)23(4,5)6)17(14-26)20(28)18-15-30-25(29,11-2)13-19(18)27/h10,12,16-19,21-22,26-27,29H,11,13-15H2,1-9H3/b12-10-/t16-,17-,18+,19+,21+,22-,24-,25?/m0/s1. The second-order valence-electron chi connectivity index (χ2n) is 11.6. The van der Waals surface area contributed by atoms with E-state index >= 15 is 0 Å². The molecular formula is C25H46O7Si. The number of epoxide rings is 1. The molecule has 8 heteroatoms. The highest BCUT2D eigenvalue weighted by Gasteiger charge is 2.64. The Kier molecular flexibility index (Phi) is 8.82. The quantitative estimate of drug-likeness (QED) is 0.247. The second kappa shape index (κ2) is 10.2. The van der Waals surface area contributed by atoms with Crippen molar-refractivity contribution in [3.05, 3.63) is 12.2 Å². The van der Waals surface area contributed by atoms with Gasteiger partial charge < -0.3 is 29.2 Å². The van der Waals surface area contributed by atoms with Gasteiger partial charge in [-0.2, -0.15) is 0 Å². The third-order valence-corrected chi connectivity index (χ3v) is 12.5. The van der Waals surface area contributed by atoms with Gasteiger partial charge in [-0.1, -0.05) is 46.8 Å². The van der Waals surface area contributed by atoms with Crippen LogP contribution in [0.5, 0.6) is 0 Å². The summed E-state index contributed by atoms with van der Waals surface area (Å²) < 4.78 is 18.5. The van der Waals surface area contributed by atoms with Gasteiger partial charge in [-0.3, -0.25) is 4.79 Å². The predicted octanol–water partition coefficient (Wildman–Crippen LogP) is 3.42. The third kappa shape index (κ3) is 5.97. The Morgan fingerprint density at radius 2 is 1.94 bits per heavy atom. The molecule has 0 spiro atoms. The minimum absolute atomic E-state index is 0.0411. The van der Waals surface area contributed by atoms with Gasteiger partial charge in [-0.25, -0.2) is 0 Å². The summed E-state index contributed by atoms with van der Waals surface area (Å²) in [6.07, 6.45) is 2.48. The normalized spacial score (nSPS) is 35.9. The molecule has 33 heavy (non-hydrogen) atoms. The molecule has 0 radical (unpaired) electrons. The Balaban J connectivity index is 2.37. The van der Waals surface area contributed by atoms with Crippen LogP contribution in [0.2, 0.25) is 18.1 Å². The first kappa shape index (κ1) is 28.6.